The summed E-state index contributed by atoms with van der Waals surface area (Å²) in [6.45, 7) is 10.5. The Bertz CT molecular complexity index is 1320. The number of hydrogen-bond acceptors (Lipinski definition) is 9. The monoisotopic (exact) mass is 498 g/mol. The van der Waals surface area contributed by atoms with Gasteiger partial charge in [0.25, 0.3) is 0 Å². The van der Waals surface area contributed by atoms with E-state index in [-0.39, 0.29) is 12.2 Å². The maximum absolute atomic E-state index is 9.52. The largest absolute Gasteiger partial charge is 0.370 e. The Morgan fingerprint density at radius 2 is 1.89 bits per heavy atom. The number of anilines is 2. The zero-order chi connectivity index (χ0) is 25.4. The quantitative estimate of drug-likeness (QED) is 0.538. The molecule has 0 spiro atoms. The molecule has 9 heteroatoms. The third-order valence-electron chi connectivity index (χ3n) is 7.76. The Morgan fingerprint density at radius 1 is 1.03 bits per heavy atom. The molecule has 0 N–H and O–H groups in total. The third kappa shape index (κ3) is 4.97. The molecular weight excluding hydrogens is 464 g/mol. The number of rotatable bonds is 4. The van der Waals surface area contributed by atoms with Gasteiger partial charge < -0.3 is 19.4 Å². The van der Waals surface area contributed by atoms with Crippen LogP contribution in [0, 0.1) is 11.3 Å². The van der Waals surface area contributed by atoms with E-state index in [2.05, 4.69) is 56.8 Å². The summed E-state index contributed by atoms with van der Waals surface area (Å²) in [7, 11) is 2.14. The lowest BCUT2D eigenvalue weighted by atomic mass is 10.1. The highest BCUT2D eigenvalue weighted by molar-refractivity contribution is 5.95. The second kappa shape index (κ2) is 10.2. The maximum Gasteiger partial charge on any atom is 0.147 e. The molecule has 3 aromatic rings. The molecule has 0 amide bonds. The molecule has 0 aliphatic carbocycles. The van der Waals surface area contributed by atoms with E-state index in [0.29, 0.717) is 5.56 Å². The van der Waals surface area contributed by atoms with Gasteiger partial charge in [-0.3, -0.25) is 14.9 Å². The van der Waals surface area contributed by atoms with Crippen LogP contribution in [0.4, 0.5) is 11.5 Å². The number of nitrogens with zero attached hydrogens (tertiary/aromatic N) is 8. The van der Waals surface area contributed by atoms with Gasteiger partial charge in [-0.25, -0.2) is 4.98 Å². The van der Waals surface area contributed by atoms with Gasteiger partial charge in [0.2, 0.25) is 0 Å². The predicted molar refractivity (Wildman–Crippen MR) is 144 cm³/mol. The summed E-state index contributed by atoms with van der Waals surface area (Å²) in [4.78, 5) is 23.8. The molecule has 6 rings (SSSR count). The van der Waals surface area contributed by atoms with Gasteiger partial charge in [-0.15, -0.1) is 0 Å². The van der Waals surface area contributed by atoms with Gasteiger partial charge in [0.05, 0.1) is 40.9 Å². The highest BCUT2D eigenvalue weighted by Gasteiger charge is 2.30. The van der Waals surface area contributed by atoms with E-state index < -0.39 is 0 Å². The van der Waals surface area contributed by atoms with Crippen molar-refractivity contribution < 1.29 is 4.74 Å². The molecule has 0 saturated carbocycles. The van der Waals surface area contributed by atoms with Crippen LogP contribution in [0.2, 0.25) is 0 Å². The fourth-order valence-corrected chi connectivity index (χ4v) is 5.88. The van der Waals surface area contributed by atoms with E-state index in [9.17, 15) is 5.26 Å². The van der Waals surface area contributed by atoms with Crippen LogP contribution in [0.15, 0.2) is 36.7 Å². The first-order valence-electron chi connectivity index (χ1n) is 13.3. The molecule has 0 radical (unpaired) electrons. The highest BCUT2D eigenvalue weighted by atomic mass is 16.5. The number of pyridine rings is 1. The smallest absolute Gasteiger partial charge is 0.147 e. The van der Waals surface area contributed by atoms with Gasteiger partial charge in [0.1, 0.15) is 11.9 Å². The fourth-order valence-electron chi connectivity index (χ4n) is 5.88. The van der Waals surface area contributed by atoms with Crippen molar-refractivity contribution in [3.05, 3.63) is 53.6 Å². The van der Waals surface area contributed by atoms with Crippen LogP contribution in [0.25, 0.3) is 10.9 Å². The second-order valence-corrected chi connectivity index (χ2v) is 10.5. The summed E-state index contributed by atoms with van der Waals surface area (Å²) < 4.78 is 6.39. The summed E-state index contributed by atoms with van der Waals surface area (Å²) in [5, 5.41) is 10.5. The van der Waals surface area contributed by atoms with Crippen LogP contribution < -0.4 is 9.80 Å². The van der Waals surface area contributed by atoms with Crippen LogP contribution in [-0.2, 0) is 17.7 Å². The van der Waals surface area contributed by atoms with Gasteiger partial charge >= 0.3 is 0 Å². The molecule has 2 saturated heterocycles. The third-order valence-corrected chi connectivity index (χ3v) is 7.76. The minimum absolute atomic E-state index is 0.122. The van der Waals surface area contributed by atoms with Gasteiger partial charge in [-0.05, 0) is 38.2 Å². The van der Waals surface area contributed by atoms with Crippen molar-refractivity contribution >= 4 is 22.4 Å². The number of ether oxygens (including phenoxy) is 1. The summed E-state index contributed by atoms with van der Waals surface area (Å²) in [5.41, 5.74) is 4.80. The summed E-state index contributed by atoms with van der Waals surface area (Å²) >= 11 is 0. The number of hydrogen-bond donors (Lipinski definition) is 0. The molecule has 1 aromatic carbocycles. The number of likely N-dealkylation sites (N-methyl/N-ethyl adjacent to an activating group) is 1. The summed E-state index contributed by atoms with van der Waals surface area (Å²) in [6, 6.07) is 10.2. The lowest BCUT2D eigenvalue weighted by molar-refractivity contribution is -0.0327. The number of morpholine rings is 1. The SMILES string of the molecule is C[C@@H]1CN(c2ccc(C#N)c3ncccc23)C[C@H](CN2CCN(c3cnc4c(n3)CN(C)CC4)CC2)O1. The molecule has 3 aliphatic rings. The molecule has 3 aliphatic heterocycles. The first-order chi connectivity index (χ1) is 18.1. The van der Waals surface area contributed by atoms with Crippen molar-refractivity contribution in [3.8, 4) is 6.07 Å². The molecular formula is C28H34N8O. The molecule has 2 aromatic heterocycles. The van der Waals surface area contributed by atoms with Crippen LogP contribution >= 0.6 is 0 Å². The topological polar surface area (TPSA) is 84.7 Å². The molecule has 0 unspecified atom stereocenters. The predicted octanol–water partition coefficient (Wildman–Crippen LogP) is 2.30. The van der Waals surface area contributed by atoms with Crippen LogP contribution in [0.1, 0.15) is 23.9 Å². The Kier molecular flexibility index (Phi) is 6.63. The highest BCUT2D eigenvalue weighted by Crippen LogP contribution is 2.30. The van der Waals surface area contributed by atoms with E-state index in [1.807, 2.05) is 18.3 Å². The zero-order valence-corrected chi connectivity index (χ0v) is 21.7. The Balaban J connectivity index is 1.10. The number of nitriles is 1. The lowest BCUT2D eigenvalue weighted by Gasteiger charge is -2.42. The average Bonchev–Trinajstić information content (AvgIpc) is 2.92. The first kappa shape index (κ1) is 24.0. The van der Waals surface area contributed by atoms with E-state index in [1.165, 1.54) is 0 Å². The first-order valence-corrected chi connectivity index (χ1v) is 13.3. The minimum atomic E-state index is 0.122. The van der Waals surface area contributed by atoms with Gasteiger partial charge in [0.15, 0.2) is 0 Å². The molecule has 2 atom stereocenters. The summed E-state index contributed by atoms with van der Waals surface area (Å²) in [5.74, 6) is 1.00. The van der Waals surface area contributed by atoms with Gasteiger partial charge in [0, 0.05) is 82.6 Å². The van der Waals surface area contributed by atoms with Gasteiger partial charge in [-0.1, -0.05) is 0 Å². The van der Waals surface area contributed by atoms with Crippen molar-refractivity contribution in [1.82, 2.24) is 24.8 Å². The Morgan fingerprint density at radius 3 is 2.73 bits per heavy atom. The summed E-state index contributed by atoms with van der Waals surface area (Å²) in [6.07, 6.45) is 4.95. The van der Waals surface area contributed by atoms with E-state index >= 15 is 0 Å². The fraction of sp³-hybridized carbons (Fsp3) is 0.500. The van der Waals surface area contributed by atoms with Crippen molar-refractivity contribution in [2.45, 2.75) is 32.1 Å². The molecule has 192 valence electrons. The van der Waals surface area contributed by atoms with Crippen LogP contribution in [0.5, 0.6) is 0 Å². The number of fused-ring (bicyclic) bond motifs is 2. The normalized spacial score (nSPS) is 23.2. The van der Waals surface area contributed by atoms with Crippen molar-refractivity contribution in [2.75, 3.05) is 69.2 Å². The molecule has 37 heavy (non-hydrogen) atoms. The zero-order valence-electron chi connectivity index (χ0n) is 21.7. The van der Waals surface area contributed by atoms with Crippen molar-refractivity contribution in [1.29, 1.82) is 5.26 Å². The second-order valence-electron chi connectivity index (χ2n) is 10.5. The van der Waals surface area contributed by atoms with Crippen LogP contribution in [-0.4, -0.2) is 96.4 Å². The van der Waals surface area contributed by atoms with Crippen molar-refractivity contribution in [2.24, 2.45) is 0 Å². The molecule has 0 bridgehead atoms. The van der Waals surface area contributed by atoms with E-state index in [0.717, 1.165) is 99.1 Å². The maximum atomic E-state index is 9.52. The lowest BCUT2D eigenvalue weighted by Crippen LogP contribution is -2.54. The number of benzene rings is 1. The van der Waals surface area contributed by atoms with E-state index in [4.69, 9.17) is 14.7 Å². The van der Waals surface area contributed by atoms with E-state index in [1.54, 1.807) is 6.20 Å². The minimum Gasteiger partial charge on any atom is -0.370 e. The van der Waals surface area contributed by atoms with Crippen molar-refractivity contribution in [3.63, 3.8) is 0 Å². The Labute approximate surface area is 218 Å². The Hall–Kier alpha value is -3.32. The average molecular weight is 499 g/mol. The van der Waals surface area contributed by atoms with Crippen LogP contribution in [0.3, 0.4) is 0 Å². The molecule has 2 fully saturated rings. The molecule has 5 heterocycles. The number of aromatic nitrogens is 3. The molecule has 9 nitrogen and oxygen atoms in total. The number of piperazine rings is 1. The van der Waals surface area contributed by atoms with Gasteiger partial charge in [-0.2, -0.15) is 5.26 Å². The standard InChI is InChI=1S/C28H34N8O/c1-20-16-36(26-6-5-21(14-29)28-23(26)4-3-8-30-28)18-22(37-20)17-34-10-12-35(13-11-34)27-15-31-24-7-9-33(2)19-25(24)32-27/h3-6,8,15,20,22H,7,9-13,16-19H2,1-2H3/t20-,22+/m1/s1.